The number of halogens is 3. The van der Waals surface area contributed by atoms with E-state index in [-0.39, 0.29) is 18.3 Å². The predicted molar refractivity (Wildman–Crippen MR) is 135 cm³/mol. The number of hydrogen-bond acceptors (Lipinski definition) is 5. The number of thiocarbonyl (C=S) groups is 1. The Morgan fingerprint density at radius 3 is 2.18 bits per heavy atom. The molecule has 0 heterocycles. The minimum Gasteiger partial charge on any atom is -0.484 e. The lowest BCUT2D eigenvalue weighted by molar-refractivity contribution is -0.123. The summed E-state index contributed by atoms with van der Waals surface area (Å²) >= 11 is 23.3. The number of rotatable bonds is 9. The van der Waals surface area contributed by atoms with Crippen LogP contribution in [0.4, 0.5) is 5.69 Å². The van der Waals surface area contributed by atoms with Crippen molar-refractivity contribution in [2.24, 2.45) is 0 Å². The van der Waals surface area contributed by atoms with E-state index in [0.717, 1.165) is 12.0 Å². The van der Waals surface area contributed by atoms with Crippen molar-refractivity contribution < 1.29 is 19.1 Å². The maximum atomic E-state index is 12.3. The van der Waals surface area contributed by atoms with E-state index in [0.29, 0.717) is 17.0 Å². The molecule has 2 aromatic carbocycles. The lowest BCUT2D eigenvalue weighted by Gasteiger charge is -2.27. The molecule has 2 aromatic rings. The second-order valence-corrected chi connectivity index (χ2v) is 9.50. The van der Waals surface area contributed by atoms with Crippen molar-refractivity contribution in [1.29, 1.82) is 0 Å². The fraction of sp³-hybridized carbons (Fsp3) is 0.318. The fourth-order valence-electron chi connectivity index (χ4n) is 2.58. The molecule has 0 aliphatic carbocycles. The van der Waals surface area contributed by atoms with E-state index in [1.807, 2.05) is 19.1 Å². The van der Waals surface area contributed by atoms with E-state index < -0.39 is 21.8 Å². The van der Waals surface area contributed by atoms with Gasteiger partial charge in [0.25, 0.3) is 5.91 Å². The predicted octanol–water partition coefficient (Wildman–Crippen LogP) is 4.60. The number of carbonyl (C=O) groups is 2. The molecule has 1 atom stereocenters. The molecule has 0 bridgehead atoms. The smallest absolute Gasteiger partial charge is 0.338 e. The average Bonchev–Trinajstić information content (AvgIpc) is 2.77. The molecule has 2 rings (SSSR count). The molecular weight excluding hydrogens is 509 g/mol. The third kappa shape index (κ3) is 9.25. The van der Waals surface area contributed by atoms with Gasteiger partial charge in [0.15, 0.2) is 11.7 Å². The topological polar surface area (TPSA) is 88.7 Å². The summed E-state index contributed by atoms with van der Waals surface area (Å²) in [6, 6.07) is 13.8. The molecule has 33 heavy (non-hydrogen) atoms. The summed E-state index contributed by atoms with van der Waals surface area (Å²) < 4.78 is 8.51. The summed E-state index contributed by atoms with van der Waals surface area (Å²) in [5.74, 6) is -0.392. The van der Waals surface area contributed by atoms with Crippen LogP contribution in [-0.4, -0.2) is 40.2 Å². The number of nitrogens with one attached hydrogen (secondary N) is 3. The minimum atomic E-state index is -1.90. The Balaban J connectivity index is 1.91. The molecule has 7 nitrogen and oxygen atoms in total. The Morgan fingerprint density at radius 2 is 1.64 bits per heavy atom. The molecule has 178 valence electrons. The van der Waals surface area contributed by atoms with Crippen LogP contribution in [0, 0.1) is 0 Å². The zero-order chi connectivity index (χ0) is 24.4. The van der Waals surface area contributed by atoms with Crippen LogP contribution in [0.3, 0.4) is 0 Å². The van der Waals surface area contributed by atoms with Crippen LogP contribution in [0.1, 0.15) is 29.8 Å². The van der Waals surface area contributed by atoms with Crippen LogP contribution >= 0.6 is 47.0 Å². The maximum absolute atomic E-state index is 12.3. The third-order valence-electron chi connectivity index (χ3n) is 4.26. The number of anilines is 1. The Morgan fingerprint density at radius 1 is 1.00 bits per heavy atom. The summed E-state index contributed by atoms with van der Waals surface area (Å²) in [7, 11) is 0. The van der Waals surface area contributed by atoms with Crippen molar-refractivity contribution in [2.75, 3.05) is 18.5 Å². The first-order chi connectivity index (χ1) is 15.6. The van der Waals surface area contributed by atoms with Crippen molar-refractivity contribution in [2.45, 2.75) is 30.2 Å². The maximum Gasteiger partial charge on any atom is 0.338 e. The number of carbonyl (C=O) groups excluding carboxylic acids is 2. The van der Waals surface area contributed by atoms with Crippen molar-refractivity contribution in [3.05, 3.63) is 59.7 Å². The lowest BCUT2D eigenvalue weighted by atomic mass is 10.2. The lowest BCUT2D eigenvalue weighted by Crippen LogP contribution is -2.56. The number of hydrogen-bond donors (Lipinski definition) is 3. The van der Waals surface area contributed by atoms with Gasteiger partial charge in [-0.1, -0.05) is 53.9 Å². The Bertz CT molecular complexity index is 951. The molecule has 0 fully saturated rings. The van der Waals surface area contributed by atoms with Gasteiger partial charge in [-0.05, 0) is 67.5 Å². The third-order valence-corrected chi connectivity index (χ3v) is 5.14. The molecule has 0 spiro atoms. The number of esters is 1. The second kappa shape index (κ2) is 12.8. The van der Waals surface area contributed by atoms with E-state index in [1.165, 1.54) is 0 Å². The Kier molecular flexibility index (Phi) is 10.5. The number of benzene rings is 2. The second-order valence-electron chi connectivity index (χ2n) is 6.72. The van der Waals surface area contributed by atoms with Gasteiger partial charge in [0.1, 0.15) is 11.9 Å². The van der Waals surface area contributed by atoms with Gasteiger partial charge in [-0.15, -0.1) is 0 Å². The van der Waals surface area contributed by atoms with E-state index in [4.69, 9.17) is 56.5 Å². The van der Waals surface area contributed by atoms with Crippen molar-refractivity contribution in [1.82, 2.24) is 10.6 Å². The zero-order valence-corrected chi connectivity index (χ0v) is 21.1. The molecule has 0 aliphatic rings. The molecule has 0 aromatic heterocycles. The monoisotopic (exact) mass is 531 g/mol. The fourth-order valence-corrected chi connectivity index (χ4v) is 3.14. The van der Waals surface area contributed by atoms with Gasteiger partial charge >= 0.3 is 5.97 Å². The van der Waals surface area contributed by atoms with Gasteiger partial charge < -0.3 is 25.4 Å². The van der Waals surface area contributed by atoms with Gasteiger partial charge in [0, 0.05) is 5.69 Å². The average molecular weight is 533 g/mol. The number of ether oxygens (including phenoxy) is 2. The number of alkyl halides is 3. The molecule has 0 aliphatic heterocycles. The van der Waals surface area contributed by atoms with Gasteiger partial charge in [-0.25, -0.2) is 4.79 Å². The molecule has 1 amide bonds. The highest BCUT2D eigenvalue weighted by Gasteiger charge is 2.34. The van der Waals surface area contributed by atoms with E-state index in [1.54, 1.807) is 43.3 Å². The standard InChI is InChI=1S/C22H24Cl3N3O4S/c1-3-14-5-11-17(12-6-14)32-13-18(29)27-20(22(23,24)25)28-21(33)26-16-9-7-15(8-10-16)19(30)31-4-2/h5-12,20H,3-4,13H2,1-2H3,(H,27,29)(H2,26,28,33)/t20-/m0/s1. The Labute approximate surface area is 213 Å². The summed E-state index contributed by atoms with van der Waals surface area (Å²) in [5, 5.41) is 8.28. The molecule has 0 unspecified atom stereocenters. The summed E-state index contributed by atoms with van der Waals surface area (Å²) in [4.78, 5) is 24.1. The van der Waals surface area contributed by atoms with Crippen LogP contribution in [-0.2, 0) is 16.0 Å². The summed E-state index contributed by atoms with van der Waals surface area (Å²) in [5.41, 5.74) is 2.13. The van der Waals surface area contributed by atoms with Crippen LogP contribution in [0.2, 0.25) is 0 Å². The van der Waals surface area contributed by atoms with Crippen LogP contribution < -0.4 is 20.7 Å². The molecule has 0 radical (unpaired) electrons. The highest BCUT2D eigenvalue weighted by atomic mass is 35.6. The van der Waals surface area contributed by atoms with E-state index in [9.17, 15) is 9.59 Å². The van der Waals surface area contributed by atoms with Gasteiger partial charge in [-0.2, -0.15) is 0 Å². The van der Waals surface area contributed by atoms with Crippen molar-refractivity contribution in [3.8, 4) is 5.75 Å². The van der Waals surface area contributed by atoms with Crippen LogP contribution in [0.5, 0.6) is 5.75 Å². The molecule has 11 heteroatoms. The quantitative estimate of drug-likeness (QED) is 0.188. The van der Waals surface area contributed by atoms with Gasteiger partial charge in [-0.3, -0.25) is 4.79 Å². The minimum absolute atomic E-state index is 0.0894. The molecule has 0 saturated carbocycles. The largest absolute Gasteiger partial charge is 0.484 e. The first kappa shape index (κ1) is 27.0. The first-order valence-corrected chi connectivity index (χ1v) is 11.6. The highest BCUT2D eigenvalue weighted by Crippen LogP contribution is 2.29. The zero-order valence-electron chi connectivity index (χ0n) is 18.0. The summed E-state index contributed by atoms with van der Waals surface area (Å²) in [6.07, 6.45) is -0.235. The molecule has 0 saturated heterocycles. The molecular formula is C22H24Cl3N3O4S. The normalized spacial score (nSPS) is 11.8. The molecule has 3 N–H and O–H groups in total. The number of amides is 1. The van der Waals surface area contributed by atoms with E-state index >= 15 is 0 Å². The van der Waals surface area contributed by atoms with Crippen LogP contribution in [0.15, 0.2) is 48.5 Å². The van der Waals surface area contributed by atoms with E-state index in [2.05, 4.69) is 16.0 Å². The first-order valence-electron chi connectivity index (χ1n) is 10.0. The van der Waals surface area contributed by atoms with Gasteiger partial charge in [0.2, 0.25) is 3.79 Å². The highest BCUT2D eigenvalue weighted by molar-refractivity contribution is 7.80. The SMILES string of the molecule is CCOC(=O)c1ccc(NC(=S)N[C@H](NC(=O)COc2ccc(CC)cc2)C(Cl)(Cl)Cl)cc1. The van der Waals surface area contributed by atoms with Crippen molar-refractivity contribution >= 4 is 69.7 Å². The van der Waals surface area contributed by atoms with Gasteiger partial charge in [0.05, 0.1) is 12.2 Å². The van der Waals surface area contributed by atoms with Crippen molar-refractivity contribution in [3.63, 3.8) is 0 Å². The number of aryl methyl sites for hydroxylation is 1. The summed E-state index contributed by atoms with van der Waals surface area (Å²) in [6.45, 7) is 3.78. The Hall–Kier alpha value is -2.26. The van der Waals surface area contributed by atoms with Crippen LogP contribution in [0.25, 0.3) is 0 Å².